The lowest BCUT2D eigenvalue weighted by Crippen LogP contribution is -2.46. The van der Waals surface area contributed by atoms with Crippen LogP contribution in [-0.4, -0.2) is 48.1 Å². The number of pyridine rings is 1. The van der Waals surface area contributed by atoms with Crippen LogP contribution in [0.2, 0.25) is 0 Å². The molecular weight excluding hydrogens is 274 g/mol. The number of aliphatic imine (C=N–C) groups is 1. The van der Waals surface area contributed by atoms with Crippen molar-refractivity contribution < 1.29 is 0 Å². The van der Waals surface area contributed by atoms with Gasteiger partial charge in [-0.05, 0) is 51.4 Å². The molecule has 0 aliphatic carbocycles. The van der Waals surface area contributed by atoms with Crippen molar-refractivity contribution in [2.45, 2.75) is 45.7 Å². The quantitative estimate of drug-likeness (QED) is 0.598. The van der Waals surface area contributed by atoms with Crippen LogP contribution in [-0.2, 0) is 6.54 Å². The molecule has 122 valence electrons. The van der Waals surface area contributed by atoms with Crippen molar-refractivity contribution in [3.05, 3.63) is 30.1 Å². The number of nitrogens with zero attached hydrogens (tertiary/aromatic N) is 3. The maximum atomic E-state index is 4.63. The van der Waals surface area contributed by atoms with Gasteiger partial charge in [-0.25, -0.2) is 4.99 Å². The van der Waals surface area contributed by atoms with E-state index in [-0.39, 0.29) is 0 Å². The molecule has 0 aromatic carbocycles. The summed E-state index contributed by atoms with van der Waals surface area (Å²) in [5, 5.41) is 6.80. The second kappa shape index (κ2) is 9.41. The number of guanidine groups is 1. The van der Waals surface area contributed by atoms with E-state index in [0.29, 0.717) is 12.6 Å². The van der Waals surface area contributed by atoms with Gasteiger partial charge in [0.15, 0.2) is 5.96 Å². The molecule has 0 saturated carbocycles. The van der Waals surface area contributed by atoms with Gasteiger partial charge in [0, 0.05) is 25.3 Å². The van der Waals surface area contributed by atoms with Gasteiger partial charge in [0.2, 0.25) is 0 Å². The molecular formula is C17H29N5. The zero-order chi connectivity index (χ0) is 15.6. The average Bonchev–Trinajstić information content (AvgIpc) is 3.08. The second-order valence-electron chi connectivity index (χ2n) is 5.70. The molecule has 22 heavy (non-hydrogen) atoms. The first-order valence-electron chi connectivity index (χ1n) is 8.49. The van der Waals surface area contributed by atoms with Crippen LogP contribution in [0.4, 0.5) is 0 Å². The van der Waals surface area contributed by atoms with Gasteiger partial charge in [0.05, 0.1) is 12.2 Å². The number of hydrogen-bond donors (Lipinski definition) is 2. The van der Waals surface area contributed by atoms with E-state index in [4.69, 9.17) is 0 Å². The molecule has 0 radical (unpaired) electrons. The molecule has 5 nitrogen and oxygen atoms in total. The topological polar surface area (TPSA) is 52.6 Å². The summed E-state index contributed by atoms with van der Waals surface area (Å²) in [6.07, 6.45) is 5.66. The Labute approximate surface area is 134 Å². The lowest BCUT2D eigenvalue weighted by molar-refractivity contribution is 0.236. The molecule has 1 atom stereocenters. The zero-order valence-electron chi connectivity index (χ0n) is 13.9. The van der Waals surface area contributed by atoms with Crippen molar-refractivity contribution in [3.8, 4) is 0 Å². The van der Waals surface area contributed by atoms with Crippen molar-refractivity contribution in [2.24, 2.45) is 4.99 Å². The largest absolute Gasteiger partial charge is 0.357 e. The summed E-state index contributed by atoms with van der Waals surface area (Å²) in [5.41, 5.74) is 0.992. The maximum Gasteiger partial charge on any atom is 0.191 e. The van der Waals surface area contributed by atoms with E-state index < -0.39 is 0 Å². The lowest BCUT2D eigenvalue weighted by Gasteiger charge is -2.27. The number of aromatic nitrogens is 1. The van der Waals surface area contributed by atoms with Crippen LogP contribution in [0.25, 0.3) is 0 Å². The highest BCUT2D eigenvalue weighted by atomic mass is 15.2. The smallest absolute Gasteiger partial charge is 0.191 e. The molecule has 5 heteroatoms. The average molecular weight is 303 g/mol. The van der Waals surface area contributed by atoms with Crippen molar-refractivity contribution >= 4 is 5.96 Å². The first-order valence-corrected chi connectivity index (χ1v) is 8.49. The molecule has 1 aliphatic heterocycles. The SMILES string of the molecule is CCNC(=NCc1ccccn1)NCC(CC)N1CCCC1. The van der Waals surface area contributed by atoms with Crippen LogP contribution in [0.5, 0.6) is 0 Å². The Morgan fingerprint density at radius 1 is 1.27 bits per heavy atom. The fraction of sp³-hybridized carbons (Fsp3) is 0.647. The van der Waals surface area contributed by atoms with Gasteiger partial charge in [0.25, 0.3) is 0 Å². The van der Waals surface area contributed by atoms with Crippen molar-refractivity contribution in [1.29, 1.82) is 0 Å². The molecule has 2 N–H and O–H groups in total. The molecule has 1 aromatic heterocycles. The van der Waals surface area contributed by atoms with Crippen LogP contribution < -0.4 is 10.6 Å². The molecule has 1 fully saturated rings. The third kappa shape index (κ3) is 5.30. The normalized spacial score (nSPS) is 17.5. The molecule has 0 spiro atoms. The highest BCUT2D eigenvalue weighted by Gasteiger charge is 2.20. The van der Waals surface area contributed by atoms with Crippen LogP contribution in [0, 0.1) is 0 Å². The van der Waals surface area contributed by atoms with Crippen LogP contribution in [0.1, 0.15) is 38.8 Å². The summed E-state index contributed by atoms with van der Waals surface area (Å²) in [5.74, 6) is 0.880. The number of likely N-dealkylation sites (tertiary alicyclic amines) is 1. The van der Waals surface area contributed by atoms with Gasteiger partial charge in [0.1, 0.15) is 0 Å². The summed E-state index contributed by atoms with van der Waals surface area (Å²) >= 11 is 0. The fourth-order valence-electron chi connectivity index (χ4n) is 2.85. The standard InChI is InChI=1S/C17H29N5/c1-3-16(22-11-7-8-12-22)14-21-17(18-4-2)20-13-15-9-5-6-10-19-15/h5-6,9-10,16H,3-4,7-8,11-14H2,1-2H3,(H2,18,20,21). The molecule has 0 amide bonds. The van der Waals surface area contributed by atoms with Gasteiger partial charge < -0.3 is 10.6 Å². The highest BCUT2D eigenvalue weighted by Crippen LogP contribution is 2.13. The molecule has 2 heterocycles. The number of nitrogens with one attached hydrogen (secondary N) is 2. The summed E-state index contributed by atoms with van der Waals surface area (Å²) in [6.45, 7) is 9.26. The van der Waals surface area contributed by atoms with Crippen LogP contribution in [0.3, 0.4) is 0 Å². The van der Waals surface area contributed by atoms with Crippen molar-refractivity contribution in [3.63, 3.8) is 0 Å². The number of rotatable bonds is 7. The lowest BCUT2D eigenvalue weighted by atomic mass is 10.2. The maximum absolute atomic E-state index is 4.63. The first-order chi connectivity index (χ1) is 10.8. The van der Waals surface area contributed by atoms with Crippen LogP contribution >= 0.6 is 0 Å². The highest BCUT2D eigenvalue weighted by molar-refractivity contribution is 5.79. The Balaban J connectivity index is 1.87. The fourth-order valence-corrected chi connectivity index (χ4v) is 2.85. The Bertz CT molecular complexity index is 440. The second-order valence-corrected chi connectivity index (χ2v) is 5.70. The minimum atomic E-state index is 0.598. The monoisotopic (exact) mass is 303 g/mol. The van der Waals surface area contributed by atoms with E-state index in [0.717, 1.165) is 24.7 Å². The molecule has 1 aromatic rings. The number of hydrogen-bond acceptors (Lipinski definition) is 3. The third-order valence-corrected chi connectivity index (χ3v) is 4.10. The Kier molecular flexibility index (Phi) is 7.16. The van der Waals surface area contributed by atoms with Gasteiger partial charge in [-0.3, -0.25) is 9.88 Å². The predicted molar refractivity (Wildman–Crippen MR) is 91.9 cm³/mol. The summed E-state index contributed by atoms with van der Waals surface area (Å²) in [4.78, 5) is 11.5. The summed E-state index contributed by atoms with van der Waals surface area (Å²) in [6, 6.07) is 6.53. The van der Waals surface area contributed by atoms with Crippen molar-refractivity contribution in [1.82, 2.24) is 20.5 Å². The van der Waals surface area contributed by atoms with Gasteiger partial charge >= 0.3 is 0 Å². The van der Waals surface area contributed by atoms with Crippen molar-refractivity contribution in [2.75, 3.05) is 26.2 Å². The first kappa shape index (κ1) is 16.7. The minimum Gasteiger partial charge on any atom is -0.357 e. The van der Waals surface area contributed by atoms with E-state index in [1.165, 1.54) is 32.4 Å². The van der Waals surface area contributed by atoms with E-state index in [1.54, 1.807) is 0 Å². The summed E-state index contributed by atoms with van der Waals surface area (Å²) < 4.78 is 0. The van der Waals surface area contributed by atoms with Gasteiger partial charge in [-0.15, -0.1) is 0 Å². The Morgan fingerprint density at radius 3 is 2.73 bits per heavy atom. The molecule has 1 unspecified atom stereocenters. The summed E-state index contributed by atoms with van der Waals surface area (Å²) in [7, 11) is 0. The molecule has 1 saturated heterocycles. The van der Waals surface area contributed by atoms with E-state index in [2.05, 4.69) is 39.4 Å². The molecule has 0 bridgehead atoms. The van der Waals surface area contributed by atoms with E-state index in [1.807, 2.05) is 24.4 Å². The predicted octanol–water partition coefficient (Wildman–Crippen LogP) is 2.01. The van der Waals surface area contributed by atoms with Gasteiger partial charge in [-0.1, -0.05) is 13.0 Å². The van der Waals surface area contributed by atoms with Gasteiger partial charge in [-0.2, -0.15) is 0 Å². The zero-order valence-corrected chi connectivity index (χ0v) is 13.9. The minimum absolute atomic E-state index is 0.598. The van der Waals surface area contributed by atoms with E-state index in [9.17, 15) is 0 Å². The Morgan fingerprint density at radius 2 is 2.09 bits per heavy atom. The third-order valence-electron chi connectivity index (χ3n) is 4.10. The molecule has 2 rings (SSSR count). The van der Waals surface area contributed by atoms with E-state index >= 15 is 0 Å². The Hall–Kier alpha value is -1.62. The molecule has 1 aliphatic rings. The van der Waals surface area contributed by atoms with Crippen LogP contribution in [0.15, 0.2) is 29.4 Å².